The number of carbonyl (C=O) groups is 1. The summed E-state index contributed by atoms with van der Waals surface area (Å²) in [5.41, 5.74) is 0.332. The minimum atomic E-state index is -0.620. The van der Waals surface area contributed by atoms with Crippen LogP contribution in [0.5, 0.6) is 0 Å². The fourth-order valence-electron chi connectivity index (χ4n) is 2.25. The largest absolute Gasteiger partial charge is 0.356 e. The Morgan fingerprint density at radius 3 is 2.77 bits per heavy atom. The molecule has 26 heavy (non-hydrogen) atoms. The average Bonchev–Trinajstić information content (AvgIpc) is 3.09. The molecule has 9 heteroatoms. The van der Waals surface area contributed by atoms with Gasteiger partial charge < -0.3 is 9.84 Å². The van der Waals surface area contributed by atoms with Crippen LogP contribution >= 0.6 is 11.6 Å². The molecule has 1 aromatic heterocycles. The topological polar surface area (TPSA) is 98.3 Å². The summed E-state index contributed by atoms with van der Waals surface area (Å²) in [6.07, 6.45) is 0. The van der Waals surface area contributed by atoms with E-state index in [0.717, 1.165) is 6.07 Å². The van der Waals surface area contributed by atoms with Crippen molar-refractivity contribution < 1.29 is 18.6 Å². The van der Waals surface area contributed by atoms with Crippen molar-refractivity contribution in [2.24, 2.45) is 0 Å². The van der Waals surface area contributed by atoms with Crippen LogP contribution in [0.25, 0.3) is 11.3 Å². The third kappa shape index (κ3) is 3.70. The Morgan fingerprint density at radius 1 is 1.27 bits per heavy atom. The Morgan fingerprint density at radius 2 is 2.04 bits per heavy atom. The summed E-state index contributed by atoms with van der Waals surface area (Å²) >= 11 is 5.92. The molecule has 1 N–H and O–H groups in total. The first-order chi connectivity index (χ1) is 12.5. The average molecular weight is 376 g/mol. The lowest BCUT2D eigenvalue weighted by Crippen LogP contribution is -2.23. The van der Waals surface area contributed by atoms with Gasteiger partial charge in [-0.05, 0) is 18.2 Å². The van der Waals surface area contributed by atoms with E-state index in [4.69, 9.17) is 16.1 Å². The summed E-state index contributed by atoms with van der Waals surface area (Å²) in [6, 6.07) is 11.1. The molecule has 0 aliphatic rings. The van der Waals surface area contributed by atoms with E-state index in [-0.39, 0.29) is 34.1 Å². The molecule has 0 saturated heterocycles. The molecule has 0 aliphatic carbocycles. The zero-order chi connectivity index (χ0) is 18.7. The van der Waals surface area contributed by atoms with E-state index in [1.165, 1.54) is 24.3 Å². The van der Waals surface area contributed by atoms with Gasteiger partial charge in [0.15, 0.2) is 5.76 Å². The van der Waals surface area contributed by atoms with E-state index in [1.54, 1.807) is 18.2 Å². The van der Waals surface area contributed by atoms with Crippen molar-refractivity contribution in [2.75, 3.05) is 0 Å². The number of hydrogen-bond donors (Lipinski definition) is 1. The number of nitrogens with zero attached hydrogens (tertiary/aromatic N) is 2. The number of nitro benzene ring substituents is 1. The maximum atomic E-state index is 13.7. The lowest BCUT2D eigenvalue weighted by molar-refractivity contribution is -0.384. The highest BCUT2D eigenvalue weighted by Gasteiger charge is 2.17. The van der Waals surface area contributed by atoms with Crippen molar-refractivity contribution >= 4 is 23.2 Å². The fourth-order valence-corrected chi connectivity index (χ4v) is 2.45. The highest BCUT2D eigenvalue weighted by molar-refractivity contribution is 6.33. The van der Waals surface area contributed by atoms with Crippen molar-refractivity contribution in [3.63, 3.8) is 0 Å². The molecule has 2 aromatic carbocycles. The van der Waals surface area contributed by atoms with Gasteiger partial charge >= 0.3 is 0 Å². The normalized spacial score (nSPS) is 10.5. The SMILES string of the molecule is O=C(NCc1cc(-c2ccccc2F)on1)c1cc([N+](=O)[O-])ccc1Cl. The third-order valence-electron chi connectivity index (χ3n) is 3.53. The van der Waals surface area contributed by atoms with Crippen molar-refractivity contribution in [2.45, 2.75) is 6.54 Å². The van der Waals surface area contributed by atoms with Crippen LogP contribution in [0.3, 0.4) is 0 Å². The van der Waals surface area contributed by atoms with Crippen molar-refractivity contribution in [3.8, 4) is 11.3 Å². The number of benzene rings is 2. The van der Waals surface area contributed by atoms with Gasteiger partial charge in [0.1, 0.15) is 11.5 Å². The number of hydrogen-bond acceptors (Lipinski definition) is 5. The van der Waals surface area contributed by atoms with E-state index in [2.05, 4.69) is 10.5 Å². The lowest BCUT2D eigenvalue weighted by atomic mass is 10.1. The van der Waals surface area contributed by atoms with Gasteiger partial charge in [-0.2, -0.15) is 0 Å². The molecule has 0 saturated carbocycles. The monoisotopic (exact) mass is 375 g/mol. The molecule has 0 bridgehead atoms. The molecule has 0 unspecified atom stereocenters. The fraction of sp³-hybridized carbons (Fsp3) is 0.0588. The lowest BCUT2D eigenvalue weighted by Gasteiger charge is -2.05. The van der Waals surface area contributed by atoms with Gasteiger partial charge in [-0.1, -0.05) is 28.9 Å². The van der Waals surface area contributed by atoms with Crippen molar-refractivity contribution in [1.29, 1.82) is 0 Å². The smallest absolute Gasteiger partial charge is 0.270 e. The number of rotatable bonds is 5. The standard InChI is InChI=1S/C17H11ClFN3O4/c18-14-6-5-11(22(24)25)8-13(14)17(23)20-9-10-7-16(26-21-10)12-3-1-2-4-15(12)19/h1-8H,9H2,(H,20,23). The van der Waals surface area contributed by atoms with Gasteiger partial charge in [-0.15, -0.1) is 0 Å². The molecule has 0 spiro atoms. The Balaban J connectivity index is 1.72. The predicted molar refractivity (Wildman–Crippen MR) is 91.2 cm³/mol. The number of nitro groups is 1. The van der Waals surface area contributed by atoms with Gasteiger partial charge in [0.25, 0.3) is 11.6 Å². The van der Waals surface area contributed by atoms with Crippen LogP contribution in [0, 0.1) is 15.9 Å². The molecule has 0 aliphatic heterocycles. The first-order valence-corrected chi connectivity index (χ1v) is 7.76. The Hall–Kier alpha value is -3.26. The number of nitrogens with one attached hydrogen (secondary N) is 1. The Bertz CT molecular complexity index is 990. The van der Waals surface area contributed by atoms with Gasteiger partial charge in [0, 0.05) is 18.2 Å². The molecular weight excluding hydrogens is 365 g/mol. The maximum absolute atomic E-state index is 13.7. The van der Waals surface area contributed by atoms with E-state index < -0.39 is 16.6 Å². The summed E-state index contributed by atoms with van der Waals surface area (Å²) in [4.78, 5) is 22.4. The predicted octanol–water partition coefficient (Wildman–Crippen LogP) is 3.97. The number of amides is 1. The molecule has 0 atom stereocenters. The number of halogens is 2. The number of carbonyl (C=O) groups excluding carboxylic acids is 1. The molecular formula is C17H11ClFN3O4. The second-order valence-electron chi connectivity index (χ2n) is 5.27. The van der Waals surface area contributed by atoms with Crippen LogP contribution in [0.4, 0.5) is 10.1 Å². The second-order valence-corrected chi connectivity index (χ2v) is 5.67. The first-order valence-electron chi connectivity index (χ1n) is 7.38. The molecule has 1 amide bonds. The van der Waals surface area contributed by atoms with Crippen LogP contribution in [-0.2, 0) is 6.54 Å². The molecule has 1 heterocycles. The zero-order valence-corrected chi connectivity index (χ0v) is 13.9. The molecule has 3 aromatic rings. The third-order valence-corrected chi connectivity index (χ3v) is 3.86. The number of aromatic nitrogens is 1. The zero-order valence-electron chi connectivity index (χ0n) is 13.1. The minimum Gasteiger partial charge on any atom is -0.356 e. The summed E-state index contributed by atoms with van der Waals surface area (Å²) in [7, 11) is 0. The van der Waals surface area contributed by atoms with Crippen LogP contribution < -0.4 is 5.32 Å². The van der Waals surface area contributed by atoms with E-state index >= 15 is 0 Å². The highest BCUT2D eigenvalue weighted by Crippen LogP contribution is 2.24. The van der Waals surface area contributed by atoms with Crippen LogP contribution in [0.2, 0.25) is 5.02 Å². The Kier molecular flexibility index (Phi) is 4.94. The quantitative estimate of drug-likeness (QED) is 0.537. The van der Waals surface area contributed by atoms with Gasteiger partial charge in [-0.25, -0.2) is 4.39 Å². The van der Waals surface area contributed by atoms with Gasteiger partial charge in [0.2, 0.25) is 0 Å². The van der Waals surface area contributed by atoms with Crippen molar-refractivity contribution in [1.82, 2.24) is 10.5 Å². The van der Waals surface area contributed by atoms with Crippen LogP contribution in [-0.4, -0.2) is 16.0 Å². The summed E-state index contributed by atoms with van der Waals surface area (Å²) < 4.78 is 18.8. The molecule has 3 rings (SSSR count). The summed E-state index contributed by atoms with van der Waals surface area (Å²) in [5, 5.41) is 17.2. The summed E-state index contributed by atoms with van der Waals surface area (Å²) in [5.74, 6) is -0.836. The van der Waals surface area contributed by atoms with E-state index in [0.29, 0.717) is 5.69 Å². The number of non-ortho nitro benzene ring substituents is 1. The van der Waals surface area contributed by atoms with Crippen LogP contribution in [0.1, 0.15) is 16.1 Å². The van der Waals surface area contributed by atoms with Gasteiger partial charge in [-0.3, -0.25) is 14.9 Å². The van der Waals surface area contributed by atoms with Gasteiger partial charge in [0.05, 0.1) is 27.6 Å². The minimum absolute atomic E-state index is 0.0180. The Labute approximate surface area is 151 Å². The highest BCUT2D eigenvalue weighted by atomic mass is 35.5. The van der Waals surface area contributed by atoms with E-state index in [9.17, 15) is 19.3 Å². The van der Waals surface area contributed by atoms with Crippen molar-refractivity contribution in [3.05, 3.63) is 80.7 Å². The molecule has 0 fully saturated rings. The molecule has 132 valence electrons. The maximum Gasteiger partial charge on any atom is 0.270 e. The van der Waals surface area contributed by atoms with Crippen LogP contribution in [0.15, 0.2) is 53.1 Å². The first kappa shape index (κ1) is 17.6. The molecule has 7 nitrogen and oxygen atoms in total. The van der Waals surface area contributed by atoms with E-state index in [1.807, 2.05) is 0 Å². The second kappa shape index (κ2) is 7.32. The summed E-state index contributed by atoms with van der Waals surface area (Å²) in [6.45, 7) is -0.0180. The molecule has 0 radical (unpaired) electrons.